The van der Waals surface area contributed by atoms with E-state index in [9.17, 15) is 4.39 Å². The Kier molecular flexibility index (Phi) is 2.87. The highest BCUT2D eigenvalue weighted by atomic mass is 19.1. The van der Waals surface area contributed by atoms with Gasteiger partial charge in [-0.15, -0.1) is 0 Å². The molecule has 1 saturated heterocycles. The number of rotatable bonds is 3. The second kappa shape index (κ2) is 4.78. The van der Waals surface area contributed by atoms with Gasteiger partial charge in [-0.25, -0.2) is 9.37 Å². The van der Waals surface area contributed by atoms with Crippen LogP contribution in [-0.4, -0.2) is 28.4 Å². The third-order valence-electron chi connectivity index (χ3n) is 3.79. The molecule has 1 aromatic carbocycles. The Morgan fingerprint density at radius 3 is 2.55 bits per heavy atom. The number of ether oxygens (including phenoxy) is 1. The Balaban J connectivity index is 1.61. The Hall–Kier alpha value is -2.47. The van der Waals surface area contributed by atoms with Crippen LogP contribution in [0.25, 0.3) is 22.8 Å². The Labute approximate surface area is 126 Å². The number of H-pyrrole nitrogens is 1. The molecule has 0 unspecified atom stereocenters. The van der Waals surface area contributed by atoms with Crippen LogP contribution in [0.15, 0.2) is 41.0 Å². The molecular weight excluding hydrogens is 285 g/mol. The molecule has 5 nitrogen and oxygen atoms in total. The SMILES string of the molecule is Cc1cc(-c2nc(-c3ccc(C4(F)COC4)cc3)co2)n[nH]1. The summed E-state index contributed by atoms with van der Waals surface area (Å²) in [5.41, 5.74) is 2.45. The van der Waals surface area contributed by atoms with E-state index in [1.807, 2.05) is 25.1 Å². The third-order valence-corrected chi connectivity index (χ3v) is 3.79. The van der Waals surface area contributed by atoms with Gasteiger partial charge in [-0.3, -0.25) is 5.10 Å². The molecule has 0 saturated carbocycles. The summed E-state index contributed by atoms with van der Waals surface area (Å²) in [6, 6.07) is 9.08. The molecule has 3 aromatic rings. The number of aryl methyl sites for hydroxylation is 1. The first kappa shape index (κ1) is 13.2. The summed E-state index contributed by atoms with van der Waals surface area (Å²) in [7, 11) is 0. The molecule has 1 N–H and O–H groups in total. The van der Waals surface area contributed by atoms with E-state index in [1.165, 1.54) is 0 Å². The average molecular weight is 299 g/mol. The highest BCUT2D eigenvalue weighted by molar-refractivity contribution is 5.62. The summed E-state index contributed by atoms with van der Waals surface area (Å²) in [5.74, 6) is 0.456. The van der Waals surface area contributed by atoms with Crippen LogP contribution < -0.4 is 0 Å². The van der Waals surface area contributed by atoms with Crippen LogP contribution in [0, 0.1) is 6.92 Å². The Morgan fingerprint density at radius 1 is 1.18 bits per heavy atom. The van der Waals surface area contributed by atoms with Crippen LogP contribution in [0.4, 0.5) is 4.39 Å². The number of benzene rings is 1. The van der Waals surface area contributed by atoms with Crippen molar-refractivity contribution in [2.45, 2.75) is 12.6 Å². The van der Waals surface area contributed by atoms with Gasteiger partial charge in [0.25, 0.3) is 0 Å². The Bertz CT molecular complexity index is 803. The summed E-state index contributed by atoms with van der Waals surface area (Å²) in [5, 5.41) is 6.96. The predicted octanol–water partition coefficient (Wildman–Crippen LogP) is 3.24. The average Bonchev–Trinajstić information content (AvgIpc) is 3.14. The van der Waals surface area contributed by atoms with Crippen LogP contribution >= 0.6 is 0 Å². The summed E-state index contributed by atoms with van der Waals surface area (Å²) < 4.78 is 24.6. The van der Waals surface area contributed by atoms with Crippen molar-refractivity contribution in [2.75, 3.05) is 13.2 Å². The molecule has 0 amide bonds. The molecule has 22 heavy (non-hydrogen) atoms. The molecule has 1 aliphatic rings. The predicted molar refractivity (Wildman–Crippen MR) is 77.9 cm³/mol. The van der Waals surface area contributed by atoms with Gasteiger partial charge in [-0.2, -0.15) is 5.10 Å². The monoisotopic (exact) mass is 299 g/mol. The number of halogens is 1. The maximum Gasteiger partial charge on any atom is 0.247 e. The molecule has 1 fully saturated rings. The molecule has 0 radical (unpaired) electrons. The van der Waals surface area contributed by atoms with Crippen LogP contribution in [0.5, 0.6) is 0 Å². The first-order valence-corrected chi connectivity index (χ1v) is 7.00. The van der Waals surface area contributed by atoms with E-state index < -0.39 is 5.67 Å². The highest BCUT2D eigenvalue weighted by Gasteiger charge is 2.40. The van der Waals surface area contributed by atoms with Gasteiger partial charge in [-0.05, 0) is 18.6 Å². The van der Waals surface area contributed by atoms with E-state index in [4.69, 9.17) is 9.15 Å². The first-order chi connectivity index (χ1) is 10.6. The van der Waals surface area contributed by atoms with E-state index >= 15 is 0 Å². The molecule has 1 aliphatic heterocycles. The van der Waals surface area contributed by atoms with E-state index in [2.05, 4.69) is 15.2 Å². The molecular formula is C16H14FN3O2. The smallest absolute Gasteiger partial charge is 0.247 e. The second-order valence-corrected chi connectivity index (χ2v) is 5.51. The fourth-order valence-electron chi connectivity index (χ4n) is 2.44. The van der Waals surface area contributed by atoms with E-state index in [-0.39, 0.29) is 13.2 Å². The first-order valence-electron chi connectivity index (χ1n) is 7.00. The van der Waals surface area contributed by atoms with Gasteiger partial charge in [0.15, 0.2) is 5.67 Å². The Morgan fingerprint density at radius 2 is 1.95 bits per heavy atom. The van der Waals surface area contributed by atoms with Gasteiger partial charge in [-0.1, -0.05) is 24.3 Å². The summed E-state index contributed by atoms with van der Waals surface area (Å²) in [6.45, 7) is 2.16. The van der Waals surface area contributed by atoms with E-state index in [0.717, 1.165) is 11.3 Å². The molecule has 112 valence electrons. The number of hydrogen-bond donors (Lipinski definition) is 1. The third kappa shape index (κ3) is 2.12. The molecule has 2 aromatic heterocycles. The highest BCUT2D eigenvalue weighted by Crippen LogP contribution is 2.35. The van der Waals surface area contributed by atoms with E-state index in [1.54, 1.807) is 18.4 Å². The van der Waals surface area contributed by atoms with Crippen molar-refractivity contribution in [2.24, 2.45) is 0 Å². The lowest BCUT2D eigenvalue weighted by Crippen LogP contribution is -2.42. The minimum atomic E-state index is -1.35. The number of nitrogens with zero attached hydrogens (tertiary/aromatic N) is 2. The molecule has 6 heteroatoms. The molecule has 0 aliphatic carbocycles. The zero-order valence-electron chi connectivity index (χ0n) is 12.0. The van der Waals surface area contributed by atoms with Crippen molar-refractivity contribution in [1.29, 1.82) is 0 Å². The van der Waals surface area contributed by atoms with Crippen molar-refractivity contribution in [3.63, 3.8) is 0 Å². The lowest BCUT2D eigenvalue weighted by Gasteiger charge is -2.34. The van der Waals surface area contributed by atoms with Gasteiger partial charge in [0.1, 0.15) is 17.7 Å². The largest absolute Gasteiger partial charge is 0.443 e. The van der Waals surface area contributed by atoms with Crippen LogP contribution in [0.1, 0.15) is 11.3 Å². The van der Waals surface area contributed by atoms with Crippen molar-refractivity contribution in [3.05, 3.63) is 47.9 Å². The maximum absolute atomic E-state index is 14.2. The molecule has 0 atom stereocenters. The topological polar surface area (TPSA) is 63.9 Å². The quantitative estimate of drug-likeness (QED) is 0.806. The summed E-state index contributed by atoms with van der Waals surface area (Å²) in [4.78, 5) is 4.42. The van der Waals surface area contributed by atoms with Gasteiger partial charge in [0, 0.05) is 11.3 Å². The number of aromatic amines is 1. The number of alkyl halides is 1. The number of oxazole rings is 1. The number of nitrogens with one attached hydrogen (secondary N) is 1. The van der Waals surface area contributed by atoms with Crippen molar-refractivity contribution in [1.82, 2.24) is 15.2 Å². The van der Waals surface area contributed by atoms with Crippen molar-refractivity contribution >= 4 is 0 Å². The van der Waals surface area contributed by atoms with Crippen molar-refractivity contribution in [3.8, 4) is 22.8 Å². The lowest BCUT2D eigenvalue weighted by molar-refractivity contribution is -0.135. The van der Waals surface area contributed by atoms with Gasteiger partial charge < -0.3 is 9.15 Å². The maximum atomic E-state index is 14.2. The summed E-state index contributed by atoms with van der Waals surface area (Å²) >= 11 is 0. The standard InChI is InChI=1S/C16H14FN3O2/c1-10-6-13(20-19-10)15-18-14(7-22-15)11-2-4-12(5-3-11)16(17)8-21-9-16/h2-7H,8-9H2,1H3,(H,19,20). The van der Waals surface area contributed by atoms with Gasteiger partial charge in [0.05, 0.1) is 13.2 Å². The zero-order chi connectivity index (χ0) is 15.2. The van der Waals surface area contributed by atoms with Crippen LogP contribution in [0.3, 0.4) is 0 Å². The minimum absolute atomic E-state index is 0.124. The second-order valence-electron chi connectivity index (χ2n) is 5.51. The molecule has 0 spiro atoms. The fraction of sp³-hybridized carbons (Fsp3) is 0.250. The summed E-state index contributed by atoms with van der Waals surface area (Å²) in [6.07, 6.45) is 1.58. The fourth-order valence-corrected chi connectivity index (χ4v) is 2.44. The normalized spacial score (nSPS) is 16.5. The molecule has 0 bridgehead atoms. The van der Waals surface area contributed by atoms with Gasteiger partial charge >= 0.3 is 0 Å². The van der Waals surface area contributed by atoms with Crippen LogP contribution in [-0.2, 0) is 10.4 Å². The molecule has 4 rings (SSSR count). The number of aromatic nitrogens is 3. The van der Waals surface area contributed by atoms with E-state index in [0.29, 0.717) is 22.8 Å². The number of hydrogen-bond acceptors (Lipinski definition) is 4. The molecule has 3 heterocycles. The van der Waals surface area contributed by atoms with Gasteiger partial charge in [0.2, 0.25) is 5.89 Å². The van der Waals surface area contributed by atoms with Crippen LogP contribution in [0.2, 0.25) is 0 Å². The lowest BCUT2D eigenvalue weighted by atomic mass is 9.93. The zero-order valence-corrected chi connectivity index (χ0v) is 12.0. The minimum Gasteiger partial charge on any atom is -0.443 e. The van der Waals surface area contributed by atoms with Crippen molar-refractivity contribution < 1.29 is 13.5 Å².